The van der Waals surface area contributed by atoms with Crippen molar-refractivity contribution in [2.24, 2.45) is 11.1 Å². The molecular weight excluding hydrogens is 306 g/mol. The van der Waals surface area contributed by atoms with Gasteiger partial charge >= 0.3 is 5.97 Å². The molecule has 2 N–H and O–H groups in total. The van der Waals surface area contributed by atoms with E-state index in [4.69, 9.17) is 26.2 Å². The second-order valence-electron chi connectivity index (χ2n) is 4.52. The number of hydrogen-bond donors (Lipinski definition) is 1. The minimum absolute atomic E-state index is 0.0475. The van der Waals surface area contributed by atoms with E-state index in [-0.39, 0.29) is 33.8 Å². The molecule has 0 aliphatic heterocycles. The third-order valence-corrected chi connectivity index (χ3v) is 3.43. The fourth-order valence-electron chi connectivity index (χ4n) is 1.46. The zero-order valence-corrected chi connectivity index (χ0v) is 12.9. The molecule has 0 aliphatic carbocycles. The number of carbonyl (C=O) groups is 1. The first-order chi connectivity index (χ1) is 9.16. The topological polar surface area (TPSA) is 95.7 Å². The molecule has 1 rings (SSSR count). The second-order valence-corrected chi connectivity index (χ2v) is 6.49. The van der Waals surface area contributed by atoms with Gasteiger partial charge in [0.25, 0.3) is 0 Å². The highest BCUT2D eigenvalue weighted by molar-refractivity contribution is 7.89. The molecule has 0 radical (unpaired) electrons. The largest absolute Gasteiger partial charge is 0.494 e. The number of sulfonamides is 1. The van der Waals surface area contributed by atoms with Crippen molar-refractivity contribution in [1.82, 2.24) is 0 Å². The fourth-order valence-corrected chi connectivity index (χ4v) is 2.49. The van der Waals surface area contributed by atoms with Crippen molar-refractivity contribution in [2.45, 2.75) is 18.7 Å². The minimum Gasteiger partial charge on any atom is -0.494 e. The van der Waals surface area contributed by atoms with Crippen LogP contribution in [0.4, 0.5) is 0 Å². The first kappa shape index (κ1) is 16.7. The van der Waals surface area contributed by atoms with E-state index in [1.807, 2.05) is 13.8 Å². The van der Waals surface area contributed by atoms with Gasteiger partial charge in [-0.2, -0.15) is 0 Å². The number of benzene rings is 1. The van der Waals surface area contributed by atoms with Gasteiger partial charge < -0.3 is 9.47 Å². The molecule has 1 aromatic carbocycles. The molecule has 0 amide bonds. The normalized spacial score (nSPS) is 11.5. The average molecular weight is 322 g/mol. The van der Waals surface area contributed by atoms with Gasteiger partial charge in [-0.05, 0) is 18.1 Å². The molecule has 0 unspecified atom stereocenters. The summed E-state index contributed by atoms with van der Waals surface area (Å²) in [6.45, 7) is 3.94. The summed E-state index contributed by atoms with van der Waals surface area (Å²) in [4.78, 5) is 11.6. The molecule has 112 valence electrons. The van der Waals surface area contributed by atoms with Crippen molar-refractivity contribution < 1.29 is 22.7 Å². The zero-order chi connectivity index (χ0) is 15.5. The van der Waals surface area contributed by atoms with E-state index in [0.29, 0.717) is 0 Å². The van der Waals surface area contributed by atoms with Gasteiger partial charge in [0.1, 0.15) is 10.5 Å². The van der Waals surface area contributed by atoms with Crippen LogP contribution in [-0.4, -0.2) is 28.1 Å². The van der Waals surface area contributed by atoms with E-state index in [1.54, 1.807) is 0 Å². The van der Waals surface area contributed by atoms with E-state index < -0.39 is 16.0 Å². The van der Waals surface area contributed by atoms with Gasteiger partial charge in [-0.15, -0.1) is 0 Å². The molecule has 0 aromatic heterocycles. The van der Waals surface area contributed by atoms with Crippen LogP contribution in [0, 0.1) is 5.92 Å². The molecule has 6 nitrogen and oxygen atoms in total. The van der Waals surface area contributed by atoms with Crippen molar-refractivity contribution in [1.29, 1.82) is 0 Å². The van der Waals surface area contributed by atoms with E-state index in [9.17, 15) is 13.2 Å². The maximum atomic E-state index is 12.0. The Morgan fingerprint density at radius 3 is 2.45 bits per heavy atom. The Morgan fingerprint density at radius 2 is 2.00 bits per heavy atom. The molecule has 0 fully saturated rings. The third kappa shape index (κ3) is 4.09. The molecule has 0 aliphatic rings. The van der Waals surface area contributed by atoms with E-state index in [1.165, 1.54) is 13.2 Å². The number of nitrogens with two attached hydrogens (primary N) is 1. The van der Waals surface area contributed by atoms with Gasteiger partial charge in [-0.25, -0.2) is 18.4 Å². The number of primary sulfonamides is 1. The van der Waals surface area contributed by atoms with E-state index in [2.05, 4.69) is 0 Å². The summed E-state index contributed by atoms with van der Waals surface area (Å²) in [5, 5.41) is 5.12. The predicted octanol–water partition coefficient (Wildman–Crippen LogP) is 1.81. The van der Waals surface area contributed by atoms with Crippen molar-refractivity contribution >= 4 is 27.6 Å². The van der Waals surface area contributed by atoms with Gasteiger partial charge in [0.15, 0.2) is 5.75 Å². The number of rotatable bonds is 5. The van der Waals surface area contributed by atoms with Crippen LogP contribution in [0.2, 0.25) is 5.02 Å². The number of ether oxygens (including phenoxy) is 2. The first-order valence-corrected chi connectivity index (χ1v) is 7.66. The van der Waals surface area contributed by atoms with Crippen molar-refractivity contribution in [3.8, 4) is 5.75 Å². The van der Waals surface area contributed by atoms with Crippen LogP contribution in [0.25, 0.3) is 0 Å². The molecule has 20 heavy (non-hydrogen) atoms. The highest BCUT2D eigenvalue weighted by Crippen LogP contribution is 2.31. The van der Waals surface area contributed by atoms with Crippen molar-refractivity contribution in [3.05, 3.63) is 22.7 Å². The smallest absolute Gasteiger partial charge is 0.342 e. The minimum atomic E-state index is -4.07. The molecule has 0 atom stereocenters. The van der Waals surface area contributed by atoms with E-state index >= 15 is 0 Å². The standard InChI is InChI=1S/C12H16ClNO5S/c1-7(2)6-19-12(15)9-4-8(13)5-10(11(9)18-3)20(14,16)17/h4-5,7H,6H2,1-3H3,(H2,14,16,17). The number of carbonyl (C=O) groups excluding carboxylic acids is 1. The van der Waals surface area contributed by atoms with Crippen molar-refractivity contribution in [2.75, 3.05) is 13.7 Å². The van der Waals surface area contributed by atoms with Crippen LogP contribution in [0.3, 0.4) is 0 Å². The highest BCUT2D eigenvalue weighted by atomic mass is 35.5. The molecule has 0 heterocycles. The molecular formula is C12H16ClNO5S. The second kappa shape index (κ2) is 6.43. The van der Waals surface area contributed by atoms with Gasteiger partial charge in [-0.1, -0.05) is 25.4 Å². The number of halogens is 1. The monoisotopic (exact) mass is 321 g/mol. The van der Waals surface area contributed by atoms with Gasteiger partial charge in [-0.3, -0.25) is 0 Å². The van der Waals surface area contributed by atoms with Crippen LogP contribution in [0.5, 0.6) is 5.75 Å². The van der Waals surface area contributed by atoms with E-state index in [0.717, 1.165) is 6.07 Å². The number of hydrogen-bond acceptors (Lipinski definition) is 5. The summed E-state index contributed by atoms with van der Waals surface area (Å²) >= 11 is 5.81. The van der Waals surface area contributed by atoms with Crippen LogP contribution < -0.4 is 9.88 Å². The Morgan fingerprint density at radius 1 is 1.40 bits per heavy atom. The van der Waals surface area contributed by atoms with Crippen LogP contribution in [0.15, 0.2) is 17.0 Å². The summed E-state index contributed by atoms with van der Waals surface area (Å²) < 4.78 is 33.0. The lowest BCUT2D eigenvalue weighted by Crippen LogP contribution is -2.17. The fraction of sp³-hybridized carbons (Fsp3) is 0.417. The summed E-state index contributed by atoms with van der Waals surface area (Å²) in [5.74, 6) is -0.754. The Labute approximate surface area is 122 Å². The first-order valence-electron chi connectivity index (χ1n) is 5.74. The van der Waals surface area contributed by atoms with Crippen LogP contribution >= 0.6 is 11.6 Å². The van der Waals surface area contributed by atoms with Gasteiger partial charge in [0, 0.05) is 5.02 Å². The Hall–Kier alpha value is -1.31. The molecule has 0 saturated heterocycles. The Bertz CT molecular complexity index is 613. The van der Waals surface area contributed by atoms with Crippen molar-refractivity contribution in [3.63, 3.8) is 0 Å². The summed E-state index contributed by atoms with van der Waals surface area (Å²) in [6.07, 6.45) is 0. The predicted molar refractivity (Wildman–Crippen MR) is 74.5 cm³/mol. The lowest BCUT2D eigenvalue weighted by molar-refractivity contribution is 0.0455. The molecule has 0 saturated carbocycles. The number of esters is 1. The molecule has 8 heteroatoms. The summed E-state index contributed by atoms with van der Waals surface area (Å²) in [5.41, 5.74) is -0.0790. The summed E-state index contributed by atoms with van der Waals surface area (Å²) in [7, 11) is -2.84. The summed E-state index contributed by atoms with van der Waals surface area (Å²) in [6, 6.07) is 2.40. The molecule has 1 aromatic rings. The Balaban J connectivity index is 3.33. The van der Waals surface area contributed by atoms with Crippen LogP contribution in [0.1, 0.15) is 24.2 Å². The molecule has 0 spiro atoms. The van der Waals surface area contributed by atoms with Gasteiger partial charge in [0.05, 0.1) is 13.7 Å². The molecule has 0 bridgehead atoms. The third-order valence-electron chi connectivity index (χ3n) is 2.30. The average Bonchev–Trinajstić information content (AvgIpc) is 2.33. The van der Waals surface area contributed by atoms with Crippen LogP contribution in [-0.2, 0) is 14.8 Å². The Kier molecular flexibility index (Phi) is 5.38. The zero-order valence-electron chi connectivity index (χ0n) is 11.3. The highest BCUT2D eigenvalue weighted by Gasteiger charge is 2.24. The lowest BCUT2D eigenvalue weighted by Gasteiger charge is -2.13. The number of methoxy groups -OCH3 is 1. The van der Waals surface area contributed by atoms with Gasteiger partial charge in [0.2, 0.25) is 10.0 Å². The maximum Gasteiger partial charge on any atom is 0.342 e. The SMILES string of the molecule is COc1c(C(=O)OCC(C)C)cc(Cl)cc1S(N)(=O)=O. The quantitative estimate of drug-likeness (QED) is 0.834. The lowest BCUT2D eigenvalue weighted by atomic mass is 10.2. The maximum absolute atomic E-state index is 12.0.